The van der Waals surface area contributed by atoms with Crippen molar-refractivity contribution in [2.45, 2.75) is 37.8 Å². The van der Waals surface area contributed by atoms with Crippen molar-refractivity contribution in [1.29, 1.82) is 0 Å². The van der Waals surface area contributed by atoms with Crippen LogP contribution in [-0.4, -0.2) is 23.1 Å². The summed E-state index contributed by atoms with van der Waals surface area (Å²) in [6.07, 6.45) is 4.87. The number of hydrogen-bond donors (Lipinski definition) is 1. The van der Waals surface area contributed by atoms with E-state index in [4.69, 9.17) is 4.99 Å². The molecule has 1 heterocycles. The van der Waals surface area contributed by atoms with E-state index in [-0.39, 0.29) is 11.3 Å². The minimum atomic E-state index is -2.79. The molecule has 6 heteroatoms. The highest BCUT2D eigenvalue weighted by molar-refractivity contribution is 8.14. The van der Waals surface area contributed by atoms with Crippen molar-refractivity contribution in [3.63, 3.8) is 0 Å². The maximum absolute atomic E-state index is 12.1. The summed E-state index contributed by atoms with van der Waals surface area (Å²) in [5, 5.41) is 4.17. The smallest absolute Gasteiger partial charge is 0.387 e. The fourth-order valence-electron chi connectivity index (χ4n) is 2.68. The second-order valence-electron chi connectivity index (χ2n) is 5.16. The summed E-state index contributed by atoms with van der Waals surface area (Å²) in [5.41, 5.74) is 0.985. The van der Waals surface area contributed by atoms with Gasteiger partial charge in [0, 0.05) is 11.4 Å². The Bertz CT molecular complexity index is 498. The van der Waals surface area contributed by atoms with E-state index in [1.807, 2.05) is 0 Å². The largest absolute Gasteiger partial charge is 0.435 e. The Kier molecular flexibility index (Phi) is 3.83. The van der Waals surface area contributed by atoms with Crippen molar-refractivity contribution >= 4 is 22.6 Å². The number of alkyl halides is 2. The van der Waals surface area contributed by atoms with E-state index >= 15 is 0 Å². The molecule has 108 valence electrons. The summed E-state index contributed by atoms with van der Waals surface area (Å²) >= 11 is 1.74. The molecule has 2 aliphatic rings. The summed E-state index contributed by atoms with van der Waals surface area (Å²) in [5.74, 6) is 1.21. The fourth-order valence-corrected chi connectivity index (χ4v) is 3.89. The number of benzene rings is 1. The molecule has 0 unspecified atom stereocenters. The quantitative estimate of drug-likeness (QED) is 0.911. The first-order valence-corrected chi connectivity index (χ1v) is 7.68. The van der Waals surface area contributed by atoms with Gasteiger partial charge in [0.2, 0.25) is 0 Å². The summed E-state index contributed by atoms with van der Waals surface area (Å²) < 4.78 is 28.4. The molecular weight excluding hydrogens is 282 g/mol. The normalized spacial score (nSPS) is 20.4. The number of amidine groups is 1. The summed E-state index contributed by atoms with van der Waals surface area (Å²) in [6, 6.07) is 6.50. The number of thioether (sulfide) groups is 1. The first-order chi connectivity index (χ1) is 9.65. The lowest BCUT2D eigenvalue weighted by Crippen LogP contribution is -2.21. The third-order valence-corrected chi connectivity index (χ3v) is 4.83. The number of aliphatic imine (C=N–C) groups is 1. The maximum Gasteiger partial charge on any atom is 0.387 e. The van der Waals surface area contributed by atoms with Gasteiger partial charge < -0.3 is 10.1 Å². The van der Waals surface area contributed by atoms with Crippen LogP contribution in [0.1, 0.15) is 25.7 Å². The zero-order valence-electron chi connectivity index (χ0n) is 10.9. The van der Waals surface area contributed by atoms with Crippen molar-refractivity contribution in [2.24, 2.45) is 4.99 Å². The van der Waals surface area contributed by atoms with Gasteiger partial charge in [0.15, 0.2) is 5.17 Å². The first kappa shape index (κ1) is 13.7. The molecule has 1 spiro atoms. The molecule has 20 heavy (non-hydrogen) atoms. The molecule has 0 amide bonds. The standard InChI is InChI=1S/C14H16F2N2OS/c15-12(16)19-11-5-3-10(4-6-11)17-13-18-14(9-20-13)7-1-2-8-14/h3-6,12H,1-2,7-9H2,(H,17,18). The Morgan fingerprint density at radius 2 is 1.90 bits per heavy atom. The van der Waals surface area contributed by atoms with Gasteiger partial charge in [0.1, 0.15) is 5.75 Å². The molecule has 0 atom stereocenters. The SMILES string of the molecule is FC(F)Oc1ccc(NC2=NC3(CCCC3)CS2)cc1. The highest BCUT2D eigenvalue weighted by atomic mass is 32.2. The molecule has 0 bridgehead atoms. The molecule has 1 aliphatic carbocycles. The number of ether oxygens (including phenoxy) is 1. The molecule has 1 aromatic carbocycles. The van der Waals surface area contributed by atoms with E-state index in [0.29, 0.717) is 0 Å². The van der Waals surface area contributed by atoms with Gasteiger partial charge >= 0.3 is 6.61 Å². The summed E-state index contributed by atoms with van der Waals surface area (Å²) in [7, 11) is 0. The van der Waals surface area contributed by atoms with Crippen LogP contribution < -0.4 is 10.1 Å². The zero-order valence-corrected chi connectivity index (χ0v) is 11.8. The Balaban J connectivity index is 1.63. The molecule has 1 aliphatic heterocycles. The average Bonchev–Trinajstić information content (AvgIpc) is 3.02. The molecule has 1 fully saturated rings. The Hall–Kier alpha value is -1.30. The molecule has 1 N–H and O–H groups in total. The fraction of sp³-hybridized carbons (Fsp3) is 0.500. The van der Waals surface area contributed by atoms with Crippen molar-refractivity contribution < 1.29 is 13.5 Å². The monoisotopic (exact) mass is 298 g/mol. The van der Waals surface area contributed by atoms with Crippen LogP contribution in [0.3, 0.4) is 0 Å². The van der Waals surface area contributed by atoms with E-state index in [0.717, 1.165) is 16.6 Å². The summed E-state index contributed by atoms with van der Waals surface area (Å²) in [4.78, 5) is 4.80. The van der Waals surface area contributed by atoms with Crippen LogP contribution in [0.15, 0.2) is 29.3 Å². The van der Waals surface area contributed by atoms with Gasteiger partial charge in [0.05, 0.1) is 5.54 Å². The van der Waals surface area contributed by atoms with E-state index in [2.05, 4.69) is 10.1 Å². The number of halogens is 2. The van der Waals surface area contributed by atoms with Crippen LogP contribution in [0, 0.1) is 0 Å². The number of nitrogens with zero attached hydrogens (tertiary/aromatic N) is 1. The van der Waals surface area contributed by atoms with Crippen LogP contribution >= 0.6 is 11.8 Å². The van der Waals surface area contributed by atoms with Crippen LogP contribution in [0.25, 0.3) is 0 Å². The molecule has 0 saturated heterocycles. The Labute approximate surface area is 120 Å². The minimum Gasteiger partial charge on any atom is -0.435 e. The summed E-state index contributed by atoms with van der Waals surface area (Å²) in [6.45, 7) is -2.79. The molecule has 3 nitrogen and oxygen atoms in total. The number of hydrogen-bond acceptors (Lipinski definition) is 4. The van der Waals surface area contributed by atoms with Crippen LogP contribution in [-0.2, 0) is 0 Å². The first-order valence-electron chi connectivity index (χ1n) is 6.70. The molecule has 1 aromatic rings. The van der Waals surface area contributed by atoms with Gasteiger partial charge in [-0.25, -0.2) is 0 Å². The second kappa shape index (κ2) is 5.60. The van der Waals surface area contributed by atoms with Gasteiger partial charge in [-0.3, -0.25) is 4.99 Å². The number of rotatable bonds is 3. The van der Waals surface area contributed by atoms with Crippen LogP contribution in [0.2, 0.25) is 0 Å². The maximum atomic E-state index is 12.1. The molecule has 0 radical (unpaired) electrons. The van der Waals surface area contributed by atoms with Crippen LogP contribution in [0.4, 0.5) is 14.5 Å². The van der Waals surface area contributed by atoms with Crippen LogP contribution in [0.5, 0.6) is 5.75 Å². The average molecular weight is 298 g/mol. The lowest BCUT2D eigenvalue weighted by molar-refractivity contribution is -0.0498. The Morgan fingerprint density at radius 1 is 1.20 bits per heavy atom. The van der Waals surface area contributed by atoms with E-state index < -0.39 is 6.61 Å². The number of nitrogens with one attached hydrogen (secondary N) is 1. The van der Waals surface area contributed by atoms with Gasteiger partial charge in [-0.2, -0.15) is 8.78 Å². The number of anilines is 1. The van der Waals surface area contributed by atoms with Crippen molar-refractivity contribution in [3.8, 4) is 5.75 Å². The van der Waals surface area contributed by atoms with E-state index in [1.54, 1.807) is 23.9 Å². The van der Waals surface area contributed by atoms with Gasteiger partial charge in [-0.1, -0.05) is 24.6 Å². The zero-order chi connectivity index (χ0) is 14.0. The second-order valence-corrected chi connectivity index (χ2v) is 6.13. The molecule has 3 rings (SSSR count). The van der Waals surface area contributed by atoms with Crippen molar-refractivity contribution in [3.05, 3.63) is 24.3 Å². The molecule has 0 aromatic heterocycles. The van der Waals surface area contributed by atoms with E-state index in [9.17, 15) is 8.78 Å². The predicted molar refractivity (Wildman–Crippen MR) is 77.8 cm³/mol. The molecule has 1 saturated carbocycles. The minimum absolute atomic E-state index is 0.145. The third-order valence-electron chi connectivity index (χ3n) is 3.68. The third kappa shape index (κ3) is 3.06. The van der Waals surface area contributed by atoms with Gasteiger partial charge in [-0.05, 0) is 37.1 Å². The lowest BCUT2D eigenvalue weighted by atomic mass is 10.0. The van der Waals surface area contributed by atoms with Gasteiger partial charge in [0.25, 0.3) is 0 Å². The highest BCUT2D eigenvalue weighted by Crippen LogP contribution is 2.41. The Morgan fingerprint density at radius 3 is 2.55 bits per heavy atom. The van der Waals surface area contributed by atoms with Gasteiger partial charge in [-0.15, -0.1) is 0 Å². The molecular formula is C14H16F2N2OS. The lowest BCUT2D eigenvalue weighted by Gasteiger charge is -2.16. The van der Waals surface area contributed by atoms with Crippen molar-refractivity contribution in [1.82, 2.24) is 0 Å². The topological polar surface area (TPSA) is 33.6 Å². The predicted octanol–water partition coefficient (Wildman–Crippen LogP) is 4.12. The van der Waals surface area contributed by atoms with E-state index in [1.165, 1.54) is 37.8 Å². The van der Waals surface area contributed by atoms with Crippen molar-refractivity contribution in [2.75, 3.05) is 11.1 Å². The highest BCUT2D eigenvalue weighted by Gasteiger charge is 2.38.